The van der Waals surface area contributed by atoms with Gasteiger partial charge in [-0.2, -0.15) is 0 Å². The third-order valence-electron chi connectivity index (χ3n) is 3.91. The van der Waals surface area contributed by atoms with Gasteiger partial charge in [0.2, 0.25) is 10.0 Å². The number of hydrogen-bond donors (Lipinski definition) is 2. The predicted octanol–water partition coefficient (Wildman–Crippen LogP) is 3.00. The van der Waals surface area contributed by atoms with Gasteiger partial charge in [-0.1, -0.05) is 30.3 Å². The average molecular weight is 392 g/mol. The molecule has 26 heavy (non-hydrogen) atoms. The normalized spacial score (nSPS) is 14.2. The Morgan fingerprint density at radius 2 is 1.85 bits per heavy atom. The lowest BCUT2D eigenvalue weighted by atomic mass is 10.1. The summed E-state index contributed by atoms with van der Waals surface area (Å²) < 4.78 is 28.2. The first-order valence-corrected chi connectivity index (χ1v) is 9.95. The van der Waals surface area contributed by atoms with Crippen molar-refractivity contribution in [2.75, 3.05) is 6.54 Å². The van der Waals surface area contributed by atoms with Crippen molar-refractivity contribution in [1.29, 1.82) is 0 Å². The van der Waals surface area contributed by atoms with Crippen LogP contribution in [0.2, 0.25) is 0 Å². The van der Waals surface area contributed by atoms with Crippen LogP contribution in [0.5, 0.6) is 0 Å². The standard InChI is InChI=1S/C17H16N2O5S2/c1-17(20,16-10-12-6-2-4-8-14(12)25-16)11-18-26(23,24)15-9-5-3-7-13(15)19(21)22/h2-10,18,20H,11H2,1H3. The number of hydrogen-bond acceptors (Lipinski definition) is 6. The summed E-state index contributed by atoms with van der Waals surface area (Å²) in [4.78, 5) is 10.5. The Hall–Kier alpha value is -2.33. The van der Waals surface area contributed by atoms with Crippen molar-refractivity contribution in [3.63, 3.8) is 0 Å². The van der Waals surface area contributed by atoms with Gasteiger partial charge in [0.1, 0.15) is 5.60 Å². The van der Waals surface area contributed by atoms with E-state index in [1.54, 1.807) is 6.07 Å². The minimum atomic E-state index is -4.15. The fourth-order valence-corrected chi connectivity index (χ4v) is 4.89. The van der Waals surface area contributed by atoms with Crippen molar-refractivity contribution in [2.24, 2.45) is 0 Å². The van der Waals surface area contributed by atoms with Gasteiger partial charge in [0.05, 0.1) is 4.92 Å². The van der Waals surface area contributed by atoms with Crippen molar-refractivity contribution < 1.29 is 18.4 Å². The monoisotopic (exact) mass is 392 g/mol. The van der Waals surface area contributed by atoms with E-state index in [4.69, 9.17) is 0 Å². The fraction of sp³-hybridized carbons (Fsp3) is 0.176. The number of rotatable bonds is 6. The molecule has 9 heteroatoms. The molecular weight excluding hydrogens is 376 g/mol. The number of benzene rings is 2. The number of nitro groups is 1. The highest BCUT2D eigenvalue weighted by Crippen LogP contribution is 2.33. The zero-order valence-electron chi connectivity index (χ0n) is 13.7. The molecule has 0 aliphatic carbocycles. The van der Waals surface area contributed by atoms with Crippen LogP contribution in [0.1, 0.15) is 11.8 Å². The van der Waals surface area contributed by atoms with E-state index in [9.17, 15) is 23.6 Å². The quantitative estimate of drug-likeness (QED) is 0.495. The van der Waals surface area contributed by atoms with E-state index in [0.717, 1.165) is 22.2 Å². The molecule has 0 saturated heterocycles. The Morgan fingerprint density at radius 1 is 1.19 bits per heavy atom. The van der Waals surface area contributed by atoms with Crippen molar-refractivity contribution in [3.8, 4) is 0 Å². The van der Waals surface area contributed by atoms with Crippen LogP contribution in [-0.4, -0.2) is 25.0 Å². The smallest absolute Gasteiger partial charge is 0.289 e. The van der Waals surface area contributed by atoms with Crippen LogP contribution in [0, 0.1) is 10.1 Å². The van der Waals surface area contributed by atoms with Gasteiger partial charge in [0.15, 0.2) is 4.90 Å². The average Bonchev–Trinajstić information content (AvgIpc) is 3.05. The second kappa shape index (κ2) is 6.76. The lowest BCUT2D eigenvalue weighted by molar-refractivity contribution is -0.387. The molecule has 2 aromatic carbocycles. The third kappa shape index (κ3) is 3.61. The maximum absolute atomic E-state index is 12.5. The van der Waals surface area contributed by atoms with E-state index in [1.807, 2.05) is 24.3 Å². The fourth-order valence-electron chi connectivity index (χ4n) is 2.48. The molecule has 0 saturated carbocycles. The van der Waals surface area contributed by atoms with Gasteiger partial charge in [0, 0.05) is 22.2 Å². The van der Waals surface area contributed by atoms with Crippen LogP contribution in [0.3, 0.4) is 0 Å². The lowest BCUT2D eigenvalue weighted by Crippen LogP contribution is -2.38. The van der Waals surface area contributed by atoms with E-state index in [2.05, 4.69) is 4.72 Å². The largest absolute Gasteiger partial charge is 0.383 e. The SMILES string of the molecule is CC(O)(CNS(=O)(=O)c1ccccc1[N+](=O)[O-])c1cc2ccccc2s1. The summed E-state index contributed by atoms with van der Waals surface area (Å²) in [5, 5.41) is 22.7. The van der Waals surface area contributed by atoms with Gasteiger partial charge in [-0.3, -0.25) is 10.1 Å². The van der Waals surface area contributed by atoms with Crippen LogP contribution in [0.15, 0.2) is 59.5 Å². The van der Waals surface area contributed by atoms with E-state index < -0.39 is 31.1 Å². The van der Waals surface area contributed by atoms with Crippen LogP contribution in [0.4, 0.5) is 5.69 Å². The Balaban J connectivity index is 1.86. The van der Waals surface area contributed by atoms with Gasteiger partial charge in [-0.15, -0.1) is 11.3 Å². The Kier molecular flexibility index (Phi) is 4.80. The highest BCUT2D eigenvalue weighted by Gasteiger charge is 2.31. The molecule has 0 spiro atoms. The van der Waals surface area contributed by atoms with Gasteiger partial charge in [-0.25, -0.2) is 13.1 Å². The van der Waals surface area contributed by atoms with Crippen LogP contribution in [0.25, 0.3) is 10.1 Å². The maximum Gasteiger partial charge on any atom is 0.289 e. The van der Waals surface area contributed by atoms with Gasteiger partial charge in [-0.05, 0) is 30.5 Å². The van der Waals surface area contributed by atoms with Gasteiger partial charge >= 0.3 is 0 Å². The number of fused-ring (bicyclic) bond motifs is 1. The molecular formula is C17H16N2O5S2. The number of nitrogens with one attached hydrogen (secondary N) is 1. The number of aliphatic hydroxyl groups is 1. The molecule has 1 aromatic heterocycles. The highest BCUT2D eigenvalue weighted by molar-refractivity contribution is 7.89. The molecule has 0 aliphatic rings. The summed E-state index contributed by atoms with van der Waals surface area (Å²) in [5.41, 5.74) is -1.97. The van der Waals surface area contributed by atoms with Crippen LogP contribution in [-0.2, 0) is 15.6 Å². The van der Waals surface area contributed by atoms with E-state index in [1.165, 1.54) is 30.4 Å². The summed E-state index contributed by atoms with van der Waals surface area (Å²) in [6.07, 6.45) is 0. The van der Waals surface area contributed by atoms with E-state index in [-0.39, 0.29) is 6.54 Å². The second-order valence-corrected chi connectivity index (χ2v) is 8.79. The molecule has 136 valence electrons. The molecule has 0 amide bonds. The lowest BCUT2D eigenvalue weighted by Gasteiger charge is -2.22. The second-order valence-electron chi connectivity index (χ2n) is 5.97. The minimum absolute atomic E-state index is 0.311. The molecule has 0 radical (unpaired) electrons. The summed E-state index contributed by atoms with van der Waals surface area (Å²) >= 11 is 1.37. The Morgan fingerprint density at radius 3 is 2.54 bits per heavy atom. The first-order valence-electron chi connectivity index (χ1n) is 7.65. The molecule has 1 unspecified atom stereocenters. The van der Waals surface area contributed by atoms with Crippen molar-refractivity contribution in [1.82, 2.24) is 4.72 Å². The molecule has 7 nitrogen and oxygen atoms in total. The topological polar surface area (TPSA) is 110 Å². The predicted molar refractivity (Wildman–Crippen MR) is 99.7 cm³/mol. The van der Waals surface area contributed by atoms with Gasteiger partial charge in [0.25, 0.3) is 5.69 Å². The molecule has 3 rings (SSSR count). The summed E-state index contributed by atoms with van der Waals surface area (Å²) in [6, 6.07) is 14.5. The summed E-state index contributed by atoms with van der Waals surface area (Å²) in [7, 11) is -4.15. The minimum Gasteiger partial charge on any atom is -0.383 e. The van der Waals surface area contributed by atoms with Crippen LogP contribution < -0.4 is 4.72 Å². The number of sulfonamides is 1. The van der Waals surface area contributed by atoms with Gasteiger partial charge < -0.3 is 5.11 Å². The molecule has 1 atom stereocenters. The highest BCUT2D eigenvalue weighted by atomic mass is 32.2. The van der Waals surface area contributed by atoms with E-state index >= 15 is 0 Å². The van der Waals surface area contributed by atoms with Crippen molar-refractivity contribution in [3.05, 3.63) is 69.6 Å². The first-order chi connectivity index (χ1) is 12.2. The van der Waals surface area contributed by atoms with Crippen molar-refractivity contribution >= 4 is 37.1 Å². The maximum atomic E-state index is 12.5. The molecule has 0 fully saturated rings. The number of nitrogens with zero attached hydrogens (tertiary/aromatic N) is 1. The molecule has 0 bridgehead atoms. The zero-order valence-corrected chi connectivity index (χ0v) is 15.4. The Bertz CT molecular complexity index is 1040. The molecule has 1 heterocycles. The van der Waals surface area contributed by atoms with Crippen LogP contribution >= 0.6 is 11.3 Å². The first kappa shape index (κ1) is 18.5. The zero-order chi connectivity index (χ0) is 18.9. The number of thiophene rings is 1. The molecule has 0 aliphatic heterocycles. The van der Waals surface area contributed by atoms with E-state index in [0.29, 0.717) is 4.88 Å². The Labute approximate surface area is 154 Å². The molecule has 3 aromatic rings. The summed E-state index contributed by atoms with van der Waals surface area (Å²) in [6.45, 7) is 1.19. The number of nitro benzene ring substituents is 1. The third-order valence-corrected chi connectivity index (χ3v) is 6.73. The number of para-hydroxylation sites is 1. The molecule has 2 N–H and O–H groups in total. The summed E-state index contributed by atoms with van der Waals surface area (Å²) in [5.74, 6) is 0. The van der Waals surface area contributed by atoms with Crippen molar-refractivity contribution in [2.45, 2.75) is 17.4 Å².